The van der Waals surface area contributed by atoms with E-state index in [1.165, 1.54) is 6.07 Å². The Morgan fingerprint density at radius 1 is 1.27 bits per heavy atom. The van der Waals surface area contributed by atoms with Crippen molar-refractivity contribution in [2.24, 2.45) is 0 Å². The topological polar surface area (TPSA) is 29.3 Å². The number of benzene rings is 1. The predicted molar refractivity (Wildman–Crippen MR) is 55.2 cm³/mol. The molecule has 0 unspecified atom stereocenters. The second kappa shape index (κ2) is 3.81. The second-order valence-electron chi connectivity index (χ2n) is 3.25. The maximum absolute atomic E-state index is 12.4. The molecule has 0 radical (unpaired) electrons. The molecule has 2 nitrogen and oxygen atoms in total. The molecule has 84 valence electrons. The number of nitrogens with zero attached hydrogens (tertiary/aromatic N) is 1. The van der Waals surface area contributed by atoms with Gasteiger partial charge in [-0.3, -0.25) is 0 Å². The van der Waals surface area contributed by atoms with E-state index in [-0.39, 0.29) is 5.69 Å². The van der Waals surface area contributed by atoms with Gasteiger partial charge in [-0.25, -0.2) is 0 Å². The highest BCUT2D eigenvalue weighted by atomic mass is 35.5. The third-order valence-electron chi connectivity index (χ3n) is 1.94. The molecule has 6 heteroatoms. The zero-order valence-corrected chi connectivity index (χ0v) is 8.95. The van der Waals surface area contributed by atoms with Crippen LogP contribution in [0.3, 0.4) is 0 Å². The molecule has 15 heavy (non-hydrogen) atoms. The van der Waals surface area contributed by atoms with Crippen LogP contribution in [0.15, 0.2) is 12.1 Å². The minimum absolute atomic E-state index is 0.0588. The highest BCUT2D eigenvalue weighted by Gasteiger charge is 2.34. The number of hydrogen-bond acceptors (Lipinski definition) is 2. The summed E-state index contributed by atoms with van der Waals surface area (Å²) in [7, 11) is 3.35. The van der Waals surface area contributed by atoms with Crippen LogP contribution in [-0.2, 0) is 6.18 Å². The lowest BCUT2D eigenvalue weighted by Gasteiger charge is -2.18. The first-order valence-corrected chi connectivity index (χ1v) is 4.45. The Bertz CT molecular complexity index is 374. The van der Waals surface area contributed by atoms with Gasteiger partial charge < -0.3 is 10.6 Å². The Hall–Kier alpha value is -1.10. The summed E-state index contributed by atoms with van der Waals surface area (Å²) in [4.78, 5) is 1.60. The average molecular weight is 239 g/mol. The summed E-state index contributed by atoms with van der Waals surface area (Å²) >= 11 is 5.56. The van der Waals surface area contributed by atoms with Crippen molar-refractivity contribution in [1.82, 2.24) is 0 Å². The van der Waals surface area contributed by atoms with Gasteiger partial charge >= 0.3 is 6.18 Å². The number of nitrogens with two attached hydrogens (primary N) is 1. The Morgan fingerprint density at radius 3 is 2.20 bits per heavy atom. The molecule has 0 fully saturated rings. The quantitative estimate of drug-likeness (QED) is 0.762. The van der Waals surface area contributed by atoms with Gasteiger partial charge in [-0.15, -0.1) is 0 Å². The molecule has 1 rings (SSSR count). The number of rotatable bonds is 1. The van der Waals surface area contributed by atoms with Crippen LogP contribution in [0.25, 0.3) is 0 Å². The average Bonchev–Trinajstić information content (AvgIpc) is 2.06. The zero-order chi connectivity index (χ0) is 11.8. The maximum atomic E-state index is 12.4. The molecule has 0 bridgehead atoms. The van der Waals surface area contributed by atoms with Crippen LogP contribution in [0.5, 0.6) is 0 Å². The van der Waals surface area contributed by atoms with Gasteiger partial charge in [0.25, 0.3) is 0 Å². The van der Waals surface area contributed by atoms with E-state index in [9.17, 15) is 13.2 Å². The van der Waals surface area contributed by atoms with Crippen molar-refractivity contribution in [3.05, 3.63) is 22.7 Å². The Kier molecular flexibility index (Phi) is 3.04. The number of halogens is 4. The smallest absolute Gasteiger partial charge is 0.396 e. The number of nitrogen functional groups attached to an aromatic ring is 1. The van der Waals surface area contributed by atoms with Crippen molar-refractivity contribution >= 4 is 23.0 Å². The van der Waals surface area contributed by atoms with E-state index in [0.29, 0.717) is 5.69 Å². The molecule has 0 aliphatic heterocycles. The van der Waals surface area contributed by atoms with Gasteiger partial charge in [-0.1, -0.05) is 11.6 Å². The number of hydrogen-bond donors (Lipinski definition) is 1. The monoisotopic (exact) mass is 238 g/mol. The van der Waals surface area contributed by atoms with Crippen molar-refractivity contribution in [1.29, 1.82) is 0 Å². The van der Waals surface area contributed by atoms with Crippen LogP contribution in [0, 0.1) is 0 Å². The van der Waals surface area contributed by atoms with Crippen molar-refractivity contribution < 1.29 is 13.2 Å². The normalized spacial score (nSPS) is 11.6. The van der Waals surface area contributed by atoms with Crippen molar-refractivity contribution in [2.45, 2.75) is 6.18 Å². The van der Waals surface area contributed by atoms with Gasteiger partial charge in [0.2, 0.25) is 0 Å². The summed E-state index contributed by atoms with van der Waals surface area (Å²) < 4.78 is 37.2. The molecule has 0 saturated heterocycles. The fourth-order valence-electron chi connectivity index (χ4n) is 1.19. The molecule has 0 aliphatic carbocycles. The van der Waals surface area contributed by atoms with E-state index >= 15 is 0 Å². The number of alkyl halides is 3. The zero-order valence-electron chi connectivity index (χ0n) is 8.19. The molecular formula is C9H10ClF3N2. The lowest BCUT2D eigenvalue weighted by molar-refractivity contribution is -0.137. The summed E-state index contributed by atoms with van der Waals surface area (Å²) in [6, 6.07) is 2.22. The summed E-state index contributed by atoms with van der Waals surface area (Å²) in [5.41, 5.74) is 5.00. The van der Waals surface area contributed by atoms with Crippen LogP contribution < -0.4 is 10.6 Å². The molecule has 0 atom stereocenters. The standard InChI is InChI=1S/C9H10ClF3N2/c1-15(2)6-4-3-5(9(11,12)13)7(10)8(6)14/h3-4H,14H2,1-2H3. The van der Waals surface area contributed by atoms with Crippen molar-refractivity contribution in [3.8, 4) is 0 Å². The molecule has 0 heterocycles. The highest BCUT2D eigenvalue weighted by Crippen LogP contribution is 2.40. The second-order valence-corrected chi connectivity index (χ2v) is 3.63. The fraction of sp³-hybridized carbons (Fsp3) is 0.333. The third-order valence-corrected chi connectivity index (χ3v) is 2.35. The minimum atomic E-state index is -4.48. The van der Waals surface area contributed by atoms with E-state index in [2.05, 4.69) is 0 Å². The van der Waals surface area contributed by atoms with E-state index in [0.717, 1.165) is 6.07 Å². The summed E-state index contributed by atoms with van der Waals surface area (Å²) in [6.07, 6.45) is -4.48. The highest BCUT2D eigenvalue weighted by molar-refractivity contribution is 6.34. The van der Waals surface area contributed by atoms with E-state index in [1.54, 1.807) is 19.0 Å². The van der Waals surface area contributed by atoms with Crippen LogP contribution >= 0.6 is 11.6 Å². The first-order chi connectivity index (χ1) is 6.75. The lowest BCUT2D eigenvalue weighted by Crippen LogP contribution is -2.14. The largest absolute Gasteiger partial charge is 0.417 e. The van der Waals surface area contributed by atoms with Gasteiger partial charge in [-0.2, -0.15) is 13.2 Å². The van der Waals surface area contributed by atoms with E-state index < -0.39 is 16.8 Å². The molecular weight excluding hydrogens is 229 g/mol. The first-order valence-electron chi connectivity index (χ1n) is 4.07. The van der Waals surface area contributed by atoms with Crippen molar-refractivity contribution in [2.75, 3.05) is 24.7 Å². The van der Waals surface area contributed by atoms with Gasteiger partial charge in [0.15, 0.2) is 0 Å². The van der Waals surface area contributed by atoms with Gasteiger partial charge in [-0.05, 0) is 12.1 Å². The summed E-state index contributed by atoms with van der Waals surface area (Å²) in [5, 5.41) is -0.450. The van der Waals surface area contributed by atoms with Crippen LogP contribution in [0.1, 0.15) is 5.56 Å². The van der Waals surface area contributed by atoms with Crippen LogP contribution in [-0.4, -0.2) is 14.1 Å². The Labute approximate surface area is 90.4 Å². The molecule has 0 amide bonds. The Balaban J connectivity index is 3.34. The minimum Gasteiger partial charge on any atom is -0.396 e. The molecule has 0 spiro atoms. The molecule has 0 saturated carbocycles. The predicted octanol–water partition coefficient (Wildman–Crippen LogP) is 3.01. The maximum Gasteiger partial charge on any atom is 0.417 e. The summed E-state index contributed by atoms with van der Waals surface area (Å²) in [5.74, 6) is 0. The molecule has 0 aliphatic rings. The Morgan fingerprint density at radius 2 is 1.80 bits per heavy atom. The van der Waals surface area contributed by atoms with Crippen LogP contribution in [0.4, 0.5) is 24.5 Å². The van der Waals surface area contributed by atoms with Crippen molar-refractivity contribution in [3.63, 3.8) is 0 Å². The molecule has 1 aromatic rings. The SMILES string of the molecule is CN(C)c1ccc(C(F)(F)F)c(Cl)c1N. The van der Waals surface area contributed by atoms with E-state index in [1.807, 2.05) is 0 Å². The van der Waals surface area contributed by atoms with Gasteiger partial charge in [0.05, 0.1) is 22.0 Å². The fourth-order valence-corrected chi connectivity index (χ4v) is 1.46. The molecule has 1 aromatic carbocycles. The lowest BCUT2D eigenvalue weighted by atomic mass is 10.1. The van der Waals surface area contributed by atoms with Gasteiger partial charge in [0, 0.05) is 14.1 Å². The van der Waals surface area contributed by atoms with Crippen LogP contribution in [0.2, 0.25) is 5.02 Å². The number of anilines is 2. The molecule has 2 N–H and O–H groups in total. The van der Waals surface area contributed by atoms with E-state index in [4.69, 9.17) is 17.3 Å². The first kappa shape index (κ1) is 12.0. The summed E-state index contributed by atoms with van der Waals surface area (Å²) in [6.45, 7) is 0. The van der Waals surface area contributed by atoms with Gasteiger partial charge in [0.1, 0.15) is 0 Å². The third kappa shape index (κ3) is 2.28. The molecule has 0 aromatic heterocycles.